The Morgan fingerprint density at radius 1 is 1.06 bits per heavy atom. The molecule has 1 aliphatic heterocycles. The highest BCUT2D eigenvalue weighted by molar-refractivity contribution is 8.00. The zero-order valence-corrected chi connectivity index (χ0v) is 20.3. The molecule has 0 radical (unpaired) electrons. The number of ether oxygens (including phenoxy) is 3. The first kappa shape index (κ1) is 23.9. The van der Waals surface area contributed by atoms with Crippen LogP contribution in [0, 0.1) is 13.8 Å². The fourth-order valence-electron chi connectivity index (χ4n) is 4.01. The van der Waals surface area contributed by atoms with E-state index in [0.29, 0.717) is 28.5 Å². The van der Waals surface area contributed by atoms with Gasteiger partial charge >= 0.3 is 6.61 Å². The lowest BCUT2D eigenvalue weighted by molar-refractivity contribution is -0.0498. The number of hydrogen-bond acceptors (Lipinski definition) is 8. The molecule has 1 atom stereocenters. The van der Waals surface area contributed by atoms with Crippen LogP contribution in [0.5, 0.6) is 17.2 Å². The van der Waals surface area contributed by atoms with Crippen molar-refractivity contribution < 1.29 is 32.2 Å². The van der Waals surface area contributed by atoms with Crippen LogP contribution < -0.4 is 14.2 Å². The van der Waals surface area contributed by atoms with Gasteiger partial charge in [-0.2, -0.15) is 8.78 Å². The summed E-state index contributed by atoms with van der Waals surface area (Å²) in [7, 11) is 0. The van der Waals surface area contributed by atoms with E-state index in [1.54, 1.807) is 37.3 Å². The van der Waals surface area contributed by atoms with E-state index in [0.717, 1.165) is 17.1 Å². The van der Waals surface area contributed by atoms with Gasteiger partial charge in [-0.15, -0.1) is 10.2 Å². The summed E-state index contributed by atoms with van der Waals surface area (Å²) >= 11 is 1.17. The number of aryl methyl sites for hydroxylation is 1. The Bertz CT molecular complexity index is 1420. The fraction of sp³-hybridized carbons (Fsp3) is 0.240. The Balaban J connectivity index is 1.31. The van der Waals surface area contributed by atoms with E-state index >= 15 is 0 Å². The van der Waals surface area contributed by atoms with Crippen LogP contribution in [0.4, 0.5) is 8.78 Å². The van der Waals surface area contributed by atoms with Gasteiger partial charge in [0.15, 0.2) is 17.3 Å². The number of thioether (sulfide) groups is 1. The molecule has 0 N–H and O–H groups in total. The molecular weight excluding hydrogens is 492 g/mol. The standard InChI is InChI=1S/C25H21F2N3O5S/c1-13-10-19(14(2)30(13)17-5-7-18(8-6-17)34-24(26)27)22(31)15(3)36-25-29-28-23(35-25)16-4-9-20-21(11-16)33-12-32-20/h4-11,15,24H,12H2,1-3H3/t15-/m0/s1. The number of nitrogens with zero attached hydrogens (tertiary/aromatic N) is 3. The molecule has 2 aromatic carbocycles. The summed E-state index contributed by atoms with van der Waals surface area (Å²) < 4.78 is 47.7. The van der Waals surface area contributed by atoms with Crippen LogP contribution in [0.15, 0.2) is 58.2 Å². The third kappa shape index (κ3) is 4.66. The minimum absolute atomic E-state index is 0.0669. The maximum atomic E-state index is 13.3. The third-order valence-corrected chi connectivity index (χ3v) is 6.62. The number of benzene rings is 2. The van der Waals surface area contributed by atoms with Crippen molar-refractivity contribution in [2.45, 2.75) is 37.9 Å². The van der Waals surface area contributed by atoms with Crippen LogP contribution >= 0.6 is 11.8 Å². The first-order valence-electron chi connectivity index (χ1n) is 11.0. The first-order chi connectivity index (χ1) is 17.3. The number of aromatic nitrogens is 3. The van der Waals surface area contributed by atoms with Gasteiger partial charge < -0.3 is 23.2 Å². The summed E-state index contributed by atoms with van der Waals surface area (Å²) in [6.45, 7) is 2.77. The van der Waals surface area contributed by atoms with Crippen molar-refractivity contribution in [3.8, 4) is 34.4 Å². The van der Waals surface area contributed by atoms with Crippen LogP contribution in [-0.2, 0) is 0 Å². The van der Waals surface area contributed by atoms with Crippen LogP contribution in [0.25, 0.3) is 17.1 Å². The highest BCUT2D eigenvalue weighted by Gasteiger charge is 2.25. The van der Waals surface area contributed by atoms with E-state index in [-0.39, 0.29) is 23.5 Å². The predicted octanol–water partition coefficient (Wildman–Crippen LogP) is 5.84. The van der Waals surface area contributed by atoms with Crippen molar-refractivity contribution in [1.29, 1.82) is 0 Å². The summed E-state index contributed by atoms with van der Waals surface area (Å²) in [5.74, 6) is 1.54. The molecule has 0 aliphatic carbocycles. The predicted molar refractivity (Wildman–Crippen MR) is 127 cm³/mol. The van der Waals surface area contributed by atoms with Gasteiger partial charge in [0.2, 0.25) is 12.7 Å². The second-order valence-electron chi connectivity index (χ2n) is 8.06. The quantitative estimate of drug-likeness (QED) is 0.215. The van der Waals surface area contributed by atoms with Crippen molar-refractivity contribution in [1.82, 2.24) is 14.8 Å². The highest BCUT2D eigenvalue weighted by Crippen LogP contribution is 2.36. The minimum atomic E-state index is -2.89. The zero-order chi connectivity index (χ0) is 25.4. The SMILES string of the molecule is Cc1cc(C(=O)[C@H](C)Sc2nnc(-c3ccc4c(c3)OCO4)o2)c(C)n1-c1ccc(OC(F)F)cc1. The van der Waals surface area contributed by atoms with E-state index in [1.807, 2.05) is 24.5 Å². The number of halogens is 2. The fourth-order valence-corrected chi connectivity index (χ4v) is 4.77. The average Bonchev–Trinajstić information content (AvgIpc) is 3.57. The second-order valence-corrected chi connectivity index (χ2v) is 9.35. The van der Waals surface area contributed by atoms with Crippen molar-refractivity contribution in [2.75, 3.05) is 6.79 Å². The van der Waals surface area contributed by atoms with E-state index in [1.165, 1.54) is 23.9 Å². The third-order valence-electron chi connectivity index (χ3n) is 5.69. The molecule has 0 saturated heterocycles. The molecule has 5 rings (SSSR count). The van der Waals surface area contributed by atoms with Gasteiger partial charge in [-0.25, -0.2) is 0 Å². The average molecular weight is 514 g/mol. The molecule has 3 heterocycles. The Morgan fingerprint density at radius 2 is 1.81 bits per heavy atom. The van der Waals surface area contributed by atoms with Gasteiger partial charge in [0, 0.05) is 28.2 Å². The molecule has 4 aromatic rings. The molecule has 0 saturated carbocycles. The Morgan fingerprint density at radius 3 is 2.56 bits per heavy atom. The second kappa shape index (κ2) is 9.65. The molecule has 0 spiro atoms. The van der Waals surface area contributed by atoms with Crippen molar-refractivity contribution >= 4 is 17.5 Å². The monoisotopic (exact) mass is 513 g/mol. The van der Waals surface area contributed by atoms with Gasteiger partial charge in [0.1, 0.15) is 5.75 Å². The lowest BCUT2D eigenvalue weighted by Gasteiger charge is -2.12. The van der Waals surface area contributed by atoms with Gasteiger partial charge in [0.25, 0.3) is 5.22 Å². The van der Waals surface area contributed by atoms with E-state index in [4.69, 9.17) is 13.9 Å². The number of alkyl halides is 2. The number of fused-ring (bicyclic) bond motifs is 1. The number of hydrogen-bond donors (Lipinski definition) is 0. The topological polar surface area (TPSA) is 88.6 Å². The Kier molecular flexibility index (Phi) is 6.40. The highest BCUT2D eigenvalue weighted by atomic mass is 32.2. The molecule has 2 aromatic heterocycles. The summed E-state index contributed by atoms with van der Waals surface area (Å²) in [6.07, 6.45) is 0. The number of carbonyl (C=O) groups excluding carboxylic acids is 1. The molecule has 0 fully saturated rings. The van der Waals surface area contributed by atoms with Gasteiger partial charge in [0.05, 0.1) is 5.25 Å². The Hall–Kier alpha value is -3.86. The smallest absolute Gasteiger partial charge is 0.387 e. The Labute approximate surface area is 209 Å². The molecule has 186 valence electrons. The summed E-state index contributed by atoms with van der Waals surface area (Å²) in [5.41, 5.74) is 3.54. The molecule has 36 heavy (non-hydrogen) atoms. The molecule has 0 unspecified atom stereocenters. The number of Topliss-reactive ketones (excluding diaryl/α,β-unsaturated/α-hetero) is 1. The molecule has 0 amide bonds. The van der Waals surface area contributed by atoms with Gasteiger partial charge in [-0.1, -0.05) is 11.8 Å². The lowest BCUT2D eigenvalue weighted by Crippen LogP contribution is -2.14. The van der Waals surface area contributed by atoms with Gasteiger partial charge in [-0.05, 0) is 69.3 Å². The van der Waals surface area contributed by atoms with Crippen LogP contribution in [0.2, 0.25) is 0 Å². The van der Waals surface area contributed by atoms with Crippen molar-refractivity contribution in [3.63, 3.8) is 0 Å². The van der Waals surface area contributed by atoms with Crippen molar-refractivity contribution in [3.05, 3.63) is 65.5 Å². The van der Waals surface area contributed by atoms with Gasteiger partial charge in [-0.3, -0.25) is 4.79 Å². The maximum Gasteiger partial charge on any atom is 0.387 e. The number of ketones is 1. The minimum Gasteiger partial charge on any atom is -0.454 e. The number of carbonyl (C=O) groups is 1. The zero-order valence-electron chi connectivity index (χ0n) is 19.5. The molecule has 1 aliphatic rings. The maximum absolute atomic E-state index is 13.3. The number of rotatable bonds is 8. The first-order valence-corrected chi connectivity index (χ1v) is 11.9. The van der Waals surface area contributed by atoms with E-state index in [2.05, 4.69) is 14.9 Å². The molecule has 11 heteroatoms. The molecule has 8 nitrogen and oxygen atoms in total. The van der Waals surface area contributed by atoms with Crippen LogP contribution in [0.1, 0.15) is 28.7 Å². The van der Waals surface area contributed by atoms with E-state index in [9.17, 15) is 13.6 Å². The normalized spacial score (nSPS) is 13.3. The van der Waals surface area contributed by atoms with Crippen molar-refractivity contribution in [2.24, 2.45) is 0 Å². The summed E-state index contributed by atoms with van der Waals surface area (Å²) in [6, 6.07) is 13.4. The van der Waals surface area contributed by atoms with E-state index < -0.39 is 11.9 Å². The molecule has 0 bridgehead atoms. The summed E-state index contributed by atoms with van der Waals surface area (Å²) in [5, 5.41) is 7.94. The van der Waals surface area contributed by atoms with Crippen LogP contribution in [0.3, 0.4) is 0 Å². The summed E-state index contributed by atoms with van der Waals surface area (Å²) in [4.78, 5) is 13.3. The van der Waals surface area contributed by atoms with Crippen LogP contribution in [-0.4, -0.2) is 39.2 Å². The lowest BCUT2D eigenvalue weighted by atomic mass is 10.1. The largest absolute Gasteiger partial charge is 0.454 e. The molecular formula is C25H21F2N3O5S.